The summed E-state index contributed by atoms with van der Waals surface area (Å²) in [6, 6.07) is 13.0. The van der Waals surface area contributed by atoms with Crippen molar-refractivity contribution in [1.29, 1.82) is 0 Å². The molecule has 2 aromatic carbocycles. The van der Waals surface area contributed by atoms with Gasteiger partial charge in [0.2, 0.25) is 0 Å². The maximum Gasteiger partial charge on any atom is 0.326 e. The van der Waals surface area contributed by atoms with Gasteiger partial charge in [0, 0.05) is 5.56 Å². The molecule has 152 valence electrons. The molecule has 0 fully saturated rings. The molecular formula is C22H23FN2O4. The molecular weight excluding hydrogens is 375 g/mol. The number of ether oxygens (including phenoxy) is 1. The zero-order valence-electron chi connectivity index (χ0n) is 16.1. The van der Waals surface area contributed by atoms with Gasteiger partial charge in [-0.3, -0.25) is 14.4 Å². The second-order valence-electron chi connectivity index (χ2n) is 6.98. The molecule has 2 N–H and O–H groups in total. The third-order valence-electron chi connectivity index (χ3n) is 4.84. The van der Waals surface area contributed by atoms with Crippen LogP contribution in [-0.4, -0.2) is 30.4 Å². The molecule has 0 saturated heterocycles. The number of benzene rings is 2. The zero-order valence-corrected chi connectivity index (χ0v) is 16.1. The molecule has 6 nitrogen and oxygen atoms in total. The summed E-state index contributed by atoms with van der Waals surface area (Å²) in [6.07, 6.45) is 1.79. The van der Waals surface area contributed by atoms with E-state index in [2.05, 4.69) is 16.7 Å². The van der Waals surface area contributed by atoms with E-state index >= 15 is 0 Å². The van der Waals surface area contributed by atoms with Crippen LogP contribution in [0.4, 0.5) is 4.39 Å². The minimum absolute atomic E-state index is 0.0968. The van der Waals surface area contributed by atoms with E-state index in [1.54, 1.807) is 0 Å². The lowest BCUT2D eigenvalue weighted by molar-refractivity contribution is -0.154. The number of carbonyl (C=O) groups is 3. The van der Waals surface area contributed by atoms with Crippen LogP contribution in [0.15, 0.2) is 48.5 Å². The molecule has 1 aliphatic rings. The van der Waals surface area contributed by atoms with Gasteiger partial charge < -0.3 is 15.4 Å². The maximum atomic E-state index is 13.2. The number of rotatable bonds is 6. The highest BCUT2D eigenvalue weighted by atomic mass is 19.1. The number of hydrogen-bond acceptors (Lipinski definition) is 4. The Morgan fingerprint density at radius 1 is 1.17 bits per heavy atom. The smallest absolute Gasteiger partial charge is 0.326 e. The van der Waals surface area contributed by atoms with E-state index in [9.17, 15) is 18.8 Å². The van der Waals surface area contributed by atoms with Crippen LogP contribution in [0.2, 0.25) is 0 Å². The van der Waals surface area contributed by atoms with Gasteiger partial charge in [-0.25, -0.2) is 4.39 Å². The molecule has 2 atom stereocenters. The van der Waals surface area contributed by atoms with E-state index in [0.717, 1.165) is 30.9 Å². The number of nitrogens with one attached hydrogen (secondary N) is 2. The van der Waals surface area contributed by atoms with E-state index < -0.39 is 36.2 Å². The Morgan fingerprint density at radius 2 is 1.97 bits per heavy atom. The van der Waals surface area contributed by atoms with Gasteiger partial charge in [0.15, 0.2) is 6.10 Å². The fraction of sp³-hybridized carbons (Fsp3) is 0.318. The summed E-state index contributed by atoms with van der Waals surface area (Å²) in [6.45, 7) is 1.07. The third-order valence-corrected chi connectivity index (χ3v) is 4.84. The van der Waals surface area contributed by atoms with Crippen molar-refractivity contribution in [3.63, 3.8) is 0 Å². The van der Waals surface area contributed by atoms with Crippen LogP contribution in [0.1, 0.15) is 47.3 Å². The summed E-state index contributed by atoms with van der Waals surface area (Å²) < 4.78 is 18.3. The Hall–Kier alpha value is -3.22. The van der Waals surface area contributed by atoms with E-state index in [1.807, 2.05) is 18.2 Å². The second-order valence-corrected chi connectivity index (χ2v) is 6.98. The highest BCUT2D eigenvalue weighted by molar-refractivity contribution is 5.96. The first kappa shape index (κ1) is 20.5. The molecule has 7 heteroatoms. The van der Waals surface area contributed by atoms with E-state index in [1.165, 1.54) is 30.7 Å². The standard InChI is InChI=1S/C22H23FN2O4/c1-14(21(27)25-19-11-5-7-15-6-2-3-10-18(15)19)29-20(26)13-24-22(28)16-8-4-9-17(23)12-16/h2-4,6,8-10,12,14,19H,5,7,11,13H2,1H3,(H,24,28)(H,25,27)/t14-,19+/m0/s1. The zero-order chi connectivity index (χ0) is 20.8. The minimum atomic E-state index is -0.998. The summed E-state index contributed by atoms with van der Waals surface area (Å²) in [5.74, 6) is -2.29. The first-order chi connectivity index (χ1) is 13.9. The minimum Gasteiger partial charge on any atom is -0.451 e. The Morgan fingerprint density at radius 3 is 2.76 bits per heavy atom. The lowest BCUT2D eigenvalue weighted by Crippen LogP contribution is -2.41. The van der Waals surface area contributed by atoms with Crippen molar-refractivity contribution >= 4 is 17.8 Å². The van der Waals surface area contributed by atoms with Gasteiger partial charge in [-0.1, -0.05) is 30.3 Å². The molecule has 3 rings (SSSR count). The predicted octanol–water partition coefficient (Wildman–Crippen LogP) is 2.68. The summed E-state index contributed by atoms with van der Waals surface area (Å²) in [5.41, 5.74) is 2.40. The lowest BCUT2D eigenvalue weighted by atomic mass is 9.87. The maximum absolute atomic E-state index is 13.2. The van der Waals surface area contributed by atoms with E-state index in [0.29, 0.717) is 0 Å². The van der Waals surface area contributed by atoms with Gasteiger partial charge in [-0.05, 0) is 55.5 Å². The molecule has 0 saturated carbocycles. The van der Waals surface area contributed by atoms with E-state index in [-0.39, 0.29) is 11.6 Å². The monoisotopic (exact) mass is 398 g/mol. The van der Waals surface area contributed by atoms with Crippen molar-refractivity contribution in [3.05, 3.63) is 71.0 Å². The fourth-order valence-electron chi connectivity index (χ4n) is 3.37. The van der Waals surface area contributed by atoms with Crippen LogP contribution < -0.4 is 10.6 Å². The van der Waals surface area contributed by atoms with Gasteiger partial charge in [0.05, 0.1) is 6.04 Å². The molecule has 0 radical (unpaired) electrons. The summed E-state index contributed by atoms with van der Waals surface area (Å²) >= 11 is 0. The van der Waals surface area contributed by atoms with Crippen LogP contribution in [0.5, 0.6) is 0 Å². The second kappa shape index (κ2) is 9.32. The predicted molar refractivity (Wildman–Crippen MR) is 105 cm³/mol. The number of fused-ring (bicyclic) bond motifs is 1. The summed E-state index contributed by atoms with van der Waals surface area (Å²) in [4.78, 5) is 36.3. The van der Waals surface area contributed by atoms with E-state index in [4.69, 9.17) is 4.74 Å². The van der Waals surface area contributed by atoms with Crippen LogP contribution in [0.25, 0.3) is 0 Å². The van der Waals surface area contributed by atoms with Crippen molar-refractivity contribution < 1.29 is 23.5 Å². The van der Waals surface area contributed by atoms with Gasteiger partial charge in [-0.2, -0.15) is 0 Å². The Kier molecular flexibility index (Phi) is 6.59. The number of esters is 1. The van der Waals surface area contributed by atoms with Crippen LogP contribution in [-0.2, 0) is 20.7 Å². The molecule has 0 aromatic heterocycles. The number of hydrogen-bond donors (Lipinski definition) is 2. The molecule has 29 heavy (non-hydrogen) atoms. The lowest BCUT2D eigenvalue weighted by Gasteiger charge is -2.27. The number of halogens is 1. The van der Waals surface area contributed by atoms with Crippen molar-refractivity contribution in [3.8, 4) is 0 Å². The molecule has 0 heterocycles. The number of amides is 2. The topological polar surface area (TPSA) is 84.5 Å². The number of carbonyl (C=O) groups excluding carboxylic acids is 3. The largest absolute Gasteiger partial charge is 0.451 e. The Balaban J connectivity index is 1.48. The van der Waals surface area contributed by atoms with Gasteiger partial charge in [-0.15, -0.1) is 0 Å². The molecule has 1 aliphatic carbocycles. The van der Waals surface area contributed by atoms with Crippen molar-refractivity contribution in [2.45, 2.75) is 38.3 Å². The average molecular weight is 398 g/mol. The summed E-state index contributed by atoms with van der Waals surface area (Å²) in [7, 11) is 0. The van der Waals surface area contributed by atoms with Crippen LogP contribution in [0, 0.1) is 5.82 Å². The highest BCUT2D eigenvalue weighted by Crippen LogP contribution is 2.29. The SMILES string of the molecule is C[C@H](OC(=O)CNC(=O)c1cccc(F)c1)C(=O)N[C@@H]1CCCc2ccccc21. The summed E-state index contributed by atoms with van der Waals surface area (Å²) in [5, 5.41) is 5.28. The highest BCUT2D eigenvalue weighted by Gasteiger charge is 2.25. The third kappa shape index (κ3) is 5.40. The Bertz CT molecular complexity index is 915. The van der Waals surface area contributed by atoms with Crippen LogP contribution >= 0.6 is 0 Å². The first-order valence-corrected chi connectivity index (χ1v) is 9.55. The van der Waals surface area contributed by atoms with Crippen molar-refractivity contribution in [2.75, 3.05) is 6.54 Å². The first-order valence-electron chi connectivity index (χ1n) is 9.55. The molecule has 0 aliphatic heterocycles. The molecule has 0 bridgehead atoms. The Labute approximate surface area is 168 Å². The van der Waals surface area contributed by atoms with Crippen LogP contribution in [0.3, 0.4) is 0 Å². The molecule has 0 spiro atoms. The average Bonchev–Trinajstić information content (AvgIpc) is 2.72. The molecule has 2 aromatic rings. The van der Waals surface area contributed by atoms with Crippen molar-refractivity contribution in [1.82, 2.24) is 10.6 Å². The van der Waals surface area contributed by atoms with Crippen molar-refractivity contribution in [2.24, 2.45) is 0 Å². The van der Waals surface area contributed by atoms with Gasteiger partial charge in [0.1, 0.15) is 12.4 Å². The normalized spacial score (nSPS) is 16.3. The van der Waals surface area contributed by atoms with Gasteiger partial charge in [0.25, 0.3) is 11.8 Å². The quantitative estimate of drug-likeness (QED) is 0.733. The number of aryl methyl sites for hydroxylation is 1. The molecule has 2 amide bonds. The fourth-order valence-corrected chi connectivity index (χ4v) is 3.37. The molecule has 0 unspecified atom stereocenters. The van der Waals surface area contributed by atoms with Gasteiger partial charge >= 0.3 is 5.97 Å².